The minimum absolute atomic E-state index is 0.115. The molecule has 0 fully saturated rings. The largest absolute Gasteiger partial charge is 0.394 e. The summed E-state index contributed by atoms with van der Waals surface area (Å²) < 4.78 is 1.62. The van der Waals surface area contributed by atoms with Crippen LogP contribution in [-0.2, 0) is 0 Å². The molecule has 0 spiro atoms. The van der Waals surface area contributed by atoms with Crippen LogP contribution in [-0.4, -0.2) is 20.2 Å². The third-order valence-electron chi connectivity index (χ3n) is 0.845. The van der Waals surface area contributed by atoms with E-state index in [1.807, 2.05) is 13.8 Å². The Morgan fingerprint density at radius 3 is 1.88 bits per heavy atom. The first-order chi connectivity index (χ1) is 3.50. The van der Waals surface area contributed by atoms with E-state index in [1.54, 1.807) is 2.95 Å². The molecular weight excluding hydrogens is 238 g/mol. The zero-order valence-electron chi connectivity index (χ0n) is 4.86. The highest BCUT2D eigenvalue weighted by atomic mass is 79.9. The molecule has 8 heavy (non-hydrogen) atoms. The van der Waals surface area contributed by atoms with Crippen LogP contribution in [0, 0.1) is 0 Å². The summed E-state index contributed by atoms with van der Waals surface area (Å²) in [5.74, 6) is 0. The molecule has 4 heteroatoms. The van der Waals surface area contributed by atoms with Crippen molar-refractivity contribution in [2.24, 2.45) is 0 Å². The average molecular weight is 247 g/mol. The second kappa shape index (κ2) is 3.15. The Labute approximate surface area is 66.5 Å². The van der Waals surface area contributed by atoms with Crippen molar-refractivity contribution < 1.29 is 5.11 Å². The van der Waals surface area contributed by atoms with Gasteiger partial charge >= 0.3 is 0 Å². The molecule has 0 aromatic rings. The van der Waals surface area contributed by atoms with E-state index in [2.05, 4.69) is 32.3 Å². The highest BCUT2D eigenvalue weighted by Gasteiger charge is 2.21. The molecule has 50 valence electrons. The molecule has 0 aromatic heterocycles. The van der Waals surface area contributed by atoms with Crippen LogP contribution in [0.5, 0.6) is 0 Å². The maximum absolute atomic E-state index is 8.66. The first kappa shape index (κ1) is 8.88. The van der Waals surface area contributed by atoms with Gasteiger partial charge in [0.25, 0.3) is 0 Å². The zero-order chi connectivity index (χ0) is 6.78. The molecule has 0 atom stereocenters. The number of nitrogens with zero attached hydrogens (tertiary/aromatic N) is 1. The Balaban J connectivity index is 3.71. The minimum Gasteiger partial charge on any atom is -0.394 e. The minimum atomic E-state index is -0.236. The van der Waals surface area contributed by atoms with E-state index < -0.39 is 0 Å². The summed E-state index contributed by atoms with van der Waals surface area (Å²) in [5, 5.41) is 8.66. The molecule has 0 aliphatic rings. The predicted octanol–water partition coefficient (Wildman–Crippen LogP) is 1.68. The van der Waals surface area contributed by atoms with Crippen LogP contribution < -0.4 is 0 Å². The molecular formula is C4H9Br2NO. The molecule has 0 saturated carbocycles. The lowest BCUT2D eigenvalue weighted by molar-refractivity contribution is 0.183. The molecule has 0 bridgehead atoms. The van der Waals surface area contributed by atoms with E-state index in [4.69, 9.17) is 5.11 Å². The van der Waals surface area contributed by atoms with E-state index in [0.717, 1.165) is 0 Å². The van der Waals surface area contributed by atoms with Gasteiger partial charge in [-0.2, -0.15) is 2.95 Å². The van der Waals surface area contributed by atoms with Crippen LogP contribution in [0.2, 0.25) is 0 Å². The van der Waals surface area contributed by atoms with Crippen molar-refractivity contribution in [3.8, 4) is 0 Å². The van der Waals surface area contributed by atoms with E-state index in [0.29, 0.717) is 0 Å². The number of aliphatic hydroxyl groups is 1. The van der Waals surface area contributed by atoms with Gasteiger partial charge in [0.05, 0.1) is 12.1 Å². The Morgan fingerprint density at radius 1 is 1.50 bits per heavy atom. The van der Waals surface area contributed by atoms with Gasteiger partial charge in [0.1, 0.15) is 0 Å². The molecule has 0 amide bonds. The quantitative estimate of drug-likeness (QED) is 0.750. The highest BCUT2D eigenvalue weighted by Crippen LogP contribution is 2.21. The SMILES string of the molecule is CC(C)(CO)N(Br)Br. The normalized spacial score (nSPS) is 12.8. The van der Waals surface area contributed by atoms with Gasteiger partial charge in [0.15, 0.2) is 0 Å². The van der Waals surface area contributed by atoms with Gasteiger partial charge in [-0.3, -0.25) is 0 Å². The summed E-state index contributed by atoms with van der Waals surface area (Å²) in [6.07, 6.45) is 0. The van der Waals surface area contributed by atoms with Crippen molar-refractivity contribution in [1.29, 1.82) is 0 Å². The van der Waals surface area contributed by atoms with Crippen LogP contribution in [0.4, 0.5) is 0 Å². The summed E-state index contributed by atoms with van der Waals surface area (Å²) in [5.41, 5.74) is -0.236. The van der Waals surface area contributed by atoms with Crippen LogP contribution in [0.25, 0.3) is 0 Å². The number of halogens is 2. The van der Waals surface area contributed by atoms with Crippen molar-refractivity contribution in [2.45, 2.75) is 19.4 Å². The summed E-state index contributed by atoms with van der Waals surface area (Å²) in [6, 6.07) is 0. The van der Waals surface area contributed by atoms with Crippen molar-refractivity contribution in [1.82, 2.24) is 2.95 Å². The van der Waals surface area contributed by atoms with E-state index >= 15 is 0 Å². The lowest BCUT2D eigenvalue weighted by Gasteiger charge is -2.25. The Bertz CT molecular complexity index is 74.4. The number of hydrogen-bond donors (Lipinski definition) is 1. The predicted molar refractivity (Wildman–Crippen MR) is 40.9 cm³/mol. The average Bonchev–Trinajstić information content (AvgIpc) is 1.67. The third-order valence-corrected chi connectivity index (χ3v) is 2.76. The fourth-order valence-corrected chi connectivity index (χ4v) is 0.278. The van der Waals surface area contributed by atoms with Crippen molar-refractivity contribution >= 4 is 32.3 Å². The molecule has 1 N–H and O–H groups in total. The maximum Gasteiger partial charge on any atom is 0.0628 e. The van der Waals surface area contributed by atoms with Gasteiger partial charge in [-0.15, -0.1) is 0 Å². The van der Waals surface area contributed by atoms with E-state index in [9.17, 15) is 0 Å². The first-order valence-electron chi connectivity index (χ1n) is 2.23. The smallest absolute Gasteiger partial charge is 0.0628 e. The van der Waals surface area contributed by atoms with Crippen LogP contribution >= 0.6 is 32.3 Å². The summed E-state index contributed by atoms with van der Waals surface area (Å²) in [6.45, 7) is 3.91. The van der Waals surface area contributed by atoms with Gasteiger partial charge in [0.2, 0.25) is 0 Å². The van der Waals surface area contributed by atoms with E-state index in [1.165, 1.54) is 0 Å². The molecule has 0 aliphatic heterocycles. The molecule has 0 aliphatic carbocycles. The summed E-state index contributed by atoms with van der Waals surface area (Å²) >= 11 is 6.29. The molecule has 2 nitrogen and oxygen atoms in total. The second-order valence-electron chi connectivity index (χ2n) is 2.20. The van der Waals surface area contributed by atoms with Crippen molar-refractivity contribution in [3.63, 3.8) is 0 Å². The van der Waals surface area contributed by atoms with Crippen molar-refractivity contribution in [3.05, 3.63) is 0 Å². The van der Waals surface area contributed by atoms with Crippen molar-refractivity contribution in [2.75, 3.05) is 6.61 Å². The number of rotatable bonds is 2. The van der Waals surface area contributed by atoms with Crippen LogP contribution in [0.1, 0.15) is 13.8 Å². The zero-order valence-corrected chi connectivity index (χ0v) is 8.03. The first-order valence-corrected chi connectivity index (χ1v) is 3.65. The van der Waals surface area contributed by atoms with Gasteiger partial charge in [-0.25, -0.2) is 0 Å². The standard InChI is InChI=1S/C4H9Br2NO/c1-4(2,3-8)7(5)6/h8H,3H2,1-2H3. The highest BCUT2D eigenvalue weighted by molar-refractivity contribution is 9.21. The molecule has 0 aromatic carbocycles. The van der Waals surface area contributed by atoms with E-state index in [-0.39, 0.29) is 12.1 Å². The second-order valence-corrected chi connectivity index (χ2v) is 4.57. The molecule has 0 saturated heterocycles. The maximum atomic E-state index is 8.66. The van der Waals surface area contributed by atoms with Gasteiger partial charge in [0, 0.05) is 32.3 Å². The molecule has 0 unspecified atom stereocenters. The number of hydrogen-bond acceptors (Lipinski definition) is 2. The Kier molecular flexibility index (Phi) is 3.50. The Hall–Kier alpha value is 0.880. The van der Waals surface area contributed by atoms with Crippen LogP contribution in [0.3, 0.4) is 0 Å². The van der Waals surface area contributed by atoms with Gasteiger partial charge in [-0.05, 0) is 13.8 Å². The fourth-order valence-electron chi connectivity index (χ4n) is 0.0535. The van der Waals surface area contributed by atoms with Gasteiger partial charge < -0.3 is 5.11 Å². The lowest BCUT2D eigenvalue weighted by Crippen LogP contribution is -2.34. The summed E-state index contributed by atoms with van der Waals surface area (Å²) in [4.78, 5) is 0. The Morgan fingerprint density at radius 2 is 1.88 bits per heavy atom. The van der Waals surface area contributed by atoms with Gasteiger partial charge in [-0.1, -0.05) is 0 Å². The monoisotopic (exact) mass is 245 g/mol. The van der Waals surface area contributed by atoms with Crippen LogP contribution in [0.15, 0.2) is 0 Å². The molecule has 0 radical (unpaired) electrons. The topological polar surface area (TPSA) is 23.5 Å². The molecule has 0 rings (SSSR count). The number of aliphatic hydroxyl groups excluding tert-OH is 1. The summed E-state index contributed by atoms with van der Waals surface area (Å²) in [7, 11) is 0. The molecule has 0 heterocycles. The lowest BCUT2D eigenvalue weighted by atomic mass is 10.1. The third kappa shape index (κ3) is 2.44. The fraction of sp³-hybridized carbons (Fsp3) is 1.00.